The maximum Gasteiger partial charge on any atom is 0.345 e. The fourth-order valence-corrected chi connectivity index (χ4v) is 3.44. The number of urea groups is 1. The summed E-state index contributed by atoms with van der Waals surface area (Å²) in [6, 6.07) is 9.73. The third-order valence-electron chi connectivity index (χ3n) is 4.63. The second-order valence-corrected chi connectivity index (χ2v) is 8.52. The molecule has 13 heteroatoms. The number of nitrogens with zero attached hydrogens (tertiary/aromatic N) is 5. The van der Waals surface area contributed by atoms with E-state index < -0.39 is 16.9 Å². The maximum atomic E-state index is 12.8. The van der Waals surface area contributed by atoms with Gasteiger partial charge in [0.25, 0.3) is 5.91 Å². The van der Waals surface area contributed by atoms with Crippen LogP contribution in [0.4, 0.5) is 26.3 Å². The van der Waals surface area contributed by atoms with Gasteiger partial charge in [-0.15, -0.1) is 0 Å². The Hall–Kier alpha value is -4.10. The van der Waals surface area contributed by atoms with Crippen molar-refractivity contribution in [1.29, 1.82) is 0 Å². The lowest BCUT2D eigenvalue weighted by atomic mass is 10.2. The molecule has 0 fully saturated rings. The number of benzene rings is 1. The van der Waals surface area contributed by atoms with E-state index in [4.69, 9.17) is 5.73 Å². The van der Waals surface area contributed by atoms with Crippen molar-refractivity contribution in [3.63, 3.8) is 0 Å². The summed E-state index contributed by atoms with van der Waals surface area (Å²) in [5.74, 6) is -0.406. The summed E-state index contributed by atoms with van der Waals surface area (Å²) < 4.78 is 0. The Balaban J connectivity index is 1.67. The molecule has 3 aromatic rings. The summed E-state index contributed by atoms with van der Waals surface area (Å²) in [6.07, 6.45) is 2.62. The van der Waals surface area contributed by atoms with Crippen LogP contribution in [0, 0.1) is 10.1 Å². The lowest BCUT2D eigenvalue weighted by molar-refractivity contribution is -0.380. The molecule has 3 rings (SSSR count). The first-order valence-electron chi connectivity index (χ1n) is 10.1. The summed E-state index contributed by atoms with van der Waals surface area (Å²) in [6.45, 7) is 1.20. The van der Waals surface area contributed by atoms with Gasteiger partial charge in [-0.25, -0.2) is 9.78 Å². The first-order valence-corrected chi connectivity index (χ1v) is 11.0. The molecule has 0 saturated heterocycles. The van der Waals surface area contributed by atoms with Crippen molar-refractivity contribution in [2.45, 2.75) is 6.54 Å². The average Bonchev–Trinajstić information content (AvgIpc) is 3.27. The molecule has 34 heavy (non-hydrogen) atoms. The SMILES string of the molecule is CN(C)CCN(Cc1ccc(C(=O)Nc2ccccc2N)nc1)C(=O)Nc1ncc([N+](=O)[O-])s1. The molecule has 0 bridgehead atoms. The normalized spacial score (nSPS) is 10.7. The zero-order valence-electron chi connectivity index (χ0n) is 18.6. The number of nitro groups is 1. The number of hydrogen-bond acceptors (Lipinski definition) is 9. The number of nitrogens with two attached hydrogens (primary N) is 1. The number of pyridine rings is 1. The molecule has 12 nitrogen and oxygen atoms in total. The monoisotopic (exact) mass is 484 g/mol. The van der Waals surface area contributed by atoms with E-state index in [-0.39, 0.29) is 22.4 Å². The number of carbonyl (C=O) groups excluding carboxylic acids is 2. The molecule has 0 aliphatic rings. The van der Waals surface area contributed by atoms with Gasteiger partial charge in [-0.1, -0.05) is 18.2 Å². The third-order valence-corrected chi connectivity index (χ3v) is 5.50. The van der Waals surface area contributed by atoms with Gasteiger partial charge < -0.3 is 20.9 Å². The number of thiazole rings is 1. The molecule has 0 aliphatic heterocycles. The molecule has 2 heterocycles. The Bertz CT molecular complexity index is 1170. The van der Waals surface area contributed by atoms with Gasteiger partial charge in [0.05, 0.1) is 16.3 Å². The third kappa shape index (κ3) is 6.70. The second kappa shape index (κ2) is 11.2. The molecule has 0 radical (unpaired) electrons. The van der Waals surface area contributed by atoms with E-state index in [1.807, 2.05) is 19.0 Å². The molecule has 0 atom stereocenters. The van der Waals surface area contributed by atoms with Gasteiger partial charge in [-0.3, -0.25) is 25.2 Å². The summed E-state index contributed by atoms with van der Waals surface area (Å²) in [5, 5.41) is 16.1. The average molecular weight is 485 g/mol. The molecule has 0 saturated carbocycles. The minimum atomic E-state index is -0.563. The van der Waals surface area contributed by atoms with E-state index in [0.717, 1.165) is 17.5 Å². The number of likely N-dealkylation sites (N-methyl/N-ethyl adjacent to an activating group) is 1. The molecule has 0 spiro atoms. The highest BCUT2D eigenvalue weighted by atomic mass is 32.1. The van der Waals surface area contributed by atoms with Gasteiger partial charge in [-0.2, -0.15) is 0 Å². The van der Waals surface area contributed by atoms with Crippen LogP contribution in [0.5, 0.6) is 0 Å². The van der Waals surface area contributed by atoms with Crippen LogP contribution in [0.1, 0.15) is 16.1 Å². The summed E-state index contributed by atoms with van der Waals surface area (Å²) in [5.41, 5.74) is 7.70. The molecular weight excluding hydrogens is 460 g/mol. The van der Waals surface area contributed by atoms with Crippen molar-refractivity contribution in [3.8, 4) is 0 Å². The van der Waals surface area contributed by atoms with Crippen molar-refractivity contribution in [2.24, 2.45) is 0 Å². The highest BCUT2D eigenvalue weighted by molar-refractivity contribution is 7.18. The first kappa shape index (κ1) is 24.5. The smallest absolute Gasteiger partial charge is 0.345 e. The van der Waals surface area contributed by atoms with Crippen molar-refractivity contribution in [1.82, 2.24) is 19.8 Å². The molecule has 0 unspecified atom stereocenters. The minimum absolute atomic E-state index is 0.136. The number of aromatic nitrogens is 2. The molecule has 2 aromatic heterocycles. The van der Waals surface area contributed by atoms with Crippen LogP contribution in [0.25, 0.3) is 0 Å². The molecule has 0 aliphatic carbocycles. The lowest BCUT2D eigenvalue weighted by Gasteiger charge is -2.24. The Labute approximate surface area is 199 Å². The molecule has 3 amide bonds. The summed E-state index contributed by atoms with van der Waals surface area (Å²) >= 11 is 0.779. The van der Waals surface area contributed by atoms with Gasteiger partial charge in [0, 0.05) is 25.8 Å². The number of nitrogen functional groups attached to an aromatic ring is 1. The van der Waals surface area contributed by atoms with Gasteiger partial charge in [0.2, 0.25) is 0 Å². The number of amides is 3. The van der Waals surface area contributed by atoms with Crippen molar-refractivity contribution in [3.05, 3.63) is 70.2 Å². The number of anilines is 3. The largest absolute Gasteiger partial charge is 0.397 e. The zero-order valence-corrected chi connectivity index (χ0v) is 19.4. The van der Waals surface area contributed by atoms with Crippen LogP contribution >= 0.6 is 11.3 Å². The van der Waals surface area contributed by atoms with Gasteiger partial charge in [-0.05, 0) is 49.2 Å². The quantitative estimate of drug-likeness (QED) is 0.237. The van der Waals surface area contributed by atoms with Gasteiger partial charge in [0.15, 0.2) is 5.13 Å². The predicted octanol–water partition coefficient (Wildman–Crippen LogP) is 2.88. The number of rotatable bonds is 9. The number of para-hydroxylation sites is 2. The fraction of sp³-hybridized carbons (Fsp3) is 0.238. The van der Waals surface area contributed by atoms with Crippen LogP contribution in [0.3, 0.4) is 0 Å². The van der Waals surface area contributed by atoms with E-state index in [9.17, 15) is 19.7 Å². The zero-order chi connectivity index (χ0) is 24.7. The molecular formula is C21H24N8O4S. The van der Waals surface area contributed by atoms with Crippen LogP contribution in [0.15, 0.2) is 48.8 Å². The molecule has 4 N–H and O–H groups in total. The van der Waals surface area contributed by atoms with E-state index in [1.165, 1.54) is 11.1 Å². The second-order valence-electron chi connectivity index (χ2n) is 7.51. The van der Waals surface area contributed by atoms with Crippen LogP contribution in [-0.2, 0) is 6.54 Å². The Morgan fingerprint density at radius 1 is 1.09 bits per heavy atom. The Morgan fingerprint density at radius 2 is 1.85 bits per heavy atom. The van der Waals surface area contributed by atoms with Gasteiger partial charge >= 0.3 is 11.0 Å². The number of carbonyl (C=O) groups is 2. The molecule has 178 valence electrons. The highest BCUT2D eigenvalue weighted by Gasteiger charge is 2.19. The molecule has 1 aromatic carbocycles. The van der Waals surface area contributed by atoms with E-state index >= 15 is 0 Å². The Kier molecular flexibility index (Phi) is 8.05. The first-order chi connectivity index (χ1) is 16.2. The summed E-state index contributed by atoms with van der Waals surface area (Å²) in [7, 11) is 3.77. The topological polar surface area (TPSA) is 160 Å². The van der Waals surface area contributed by atoms with Gasteiger partial charge in [0.1, 0.15) is 11.9 Å². The van der Waals surface area contributed by atoms with Crippen molar-refractivity contribution < 1.29 is 14.5 Å². The number of nitrogens with one attached hydrogen (secondary N) is 2. The number of hydrogen-bond donors (Lipinski definition) is 3. The standard InChI is InChI=1S/C21H24N8O4S/c1-27(2)9-10-28(21(31)26-20-24-12-18(34-20)29(32)33)13-14-7-8-17(23-11-14)19(30)25-16-6-4-3-5-15(16)22/h3-8,11-12H,9-10,13,22H2,1-2H3,(H,25,30)(H,24,26,31). The van der Waals surface area contributed by atoms with Crippen LogP contribution in [0.2, 0.25) is 0 Å². The highest BCUT2D eigenvalue weighted by Crippen LogP contribution is 2.25. The Morgan fingerprint density at radius 3 is 2.47 bits per heavy atom. The van der Waals surface area contributed by atoms with Crippen LogP contribution in [-0.4, -0.2) is 63.8 Å². The minimum Gasteiger partial charge on any atom is -0.397 e. The van der Waals surface area contributed by atoms with Crippen LogP contribution < -0.4 is 16.4 Å². The van der Waals surface area contributed by atoms with E-state index in [0.29, 0.717) is 30.0 Å². The summed E-state index contributed by atoms with van der Waals surface area (Å²) in [4.78, 5) is 47.1. The lowest BCUT2D eigenvalue weighted by Crippen LogP contribution is -2.39. The van der Waals surface area contributed by atoms with Crippen molar-refractivity contribution in [2.75, 3.05) is 43.6 Å². The predicted molar refractivity (Wildman–Crippen MR) is 130 cm³/mol. The van der Waals surface area contributed by atoms with E-state index in [2.05, 4.69) is 20.6 Å². The van der Waals surface area contributed by atoms with E-state index in [1.54, 1.807) is 36.4 Å². The maximum absolute atomic E-state index is 12.8. The fourth-order valence-electron chi connectivity index (χ4n) is 2.82. The van der Waals surface area contributed by atoms with Crippen molar-refractivity contribution >= 4 is 44.8 Å².